The van der Waals surface area contributed by atoms with Crippen molar-refractivity contribution in [2.75, 3.05) is 0 Å². The van der Waals surface area contributed by atoms with E-state index in [-0.39, 0.29) is 5.69 Å². The third-order valence-corrected chi connectivity index (χ3v) is 2.90. The first-order valence-corrected chi connectivity index (χ1v) is 5.33. The predicted molar refractivity (Wildman–Crippen MR) is 65.6 cm³/mol. The molecule has 0 fully saturated rings. The molecule has 0 amide bonds. The van der Waals surface area contributed by atoms with Crippen molar-refractivity contribution in [2.45, 2.75) is 0 Å². The van der Waals surface area contributed by atoms with E-state index in [0.29, 0.717) is 5.02 Å². The molecule has 84 valence electrons. The zero-order valence-electron chi connectivity index (χ0n) is 8.57. The van der Waals surface area contributed by atoms with Crippen molar-refractivity contribution < 1.29 is 9.90 Å². The second-order valence-corrected chi connectivity index (χ2v) is 4.17. The molecule has 0 unspecified atom stereocenters. The Morgan fingerprint density at radius 1 is 1.24 bits per heavy atom. The number of halogens is 1. The lowest BCUT2D eigenvalue weighted by molar-refractivity contribution is 0.0691. The van der Waals surface area contributed by atoms with Crippen molar-refractivity contribution in [3.63, 3.8) is 0 Å². The van der Waals surface area contributed by atoms with Crippen LogP contribution >= 0.6 is 11.6 Å². The molecule has 0 saturated heterocycles. The van der Waals surface area contributed by atoms with Crippen LogP contribution in [0.1, 0.15) is 10.5 Å². The molecule has 3 rings (SSSR count). The molecular formula is C12H7ClN2O2. The molecule has 0 atom stereocenters. The third-order valence-electron chi connectivity index (χ3n) is 2.66. The lowest BCUT2D eigenvalue weighted by atomic mass is 10.1. The van der Waals surface area contributed by atoms with Crippen LogP contribution in [-0.4, -0.2) is 21.0 Å². The zero-order chi connectivity index (χ0) is 12.0. The minimum atomic E-state index is -1.04. The summed E-state index contributed by atoms with van der Waals surface area (Å²) in [6.07, 6.45) is 1.52. The van der Waals surface area contributed by atoms with E-state index in [4.69, 9.17) is 16.7 Å². The topological polar surface area (TPSA) is 66.0 Å². The van der Waals surface area contributed by atoms with Crippen LogP contribution < -0.4 is 0 Å². The molecule has 2 N–H and O–H groups in total. The van der Waals surface area contributed by atoms with Crippen molar-refractivity contribution >= 4 is 39.4 Å². The average Bonchev–Trinajstić information content (AvgIpc) is 2.66. The number of fused-ring (bicyclic) bond motifs is 3. The third kappa shape index (κ3) is 1.54. The highest BCUT2D eigenvalue weighted by Crippen LogP contribution is 2.27. The summed E-state index contributed by atoms with van der Waals surface area (Å²) in [7, 11) is 0. The SMILES string of the molecule is O=C(O)c1cc2c(cn1)[nH]c1ccc(Cl)cc12. The van der Waals surface area contributed by atoms with Crippen LogP contribution in [0.3, 0.4) is 0 Å². The Hall–Kier alpha value is -2.07. The Morgan fingerprint density at radius 3 is 2.76 bits per heavy atom. The van der Waals surface area contributed by atoms with Gasteiger partial charge in [0.1, 0.15) is 5.69 Å². The fourth-order valence-electron chi connectivity index (χ4n) is 1.89. The van der Waals surface area contributed by atoms with E-state index in [1.54, 1.807) is 18.2 Å². The maximum absolute atomic E-state index is 10.9. The molecule has 0 saturated carbocycles. The largest absolute Gasteiger partial charge is 0.477 e. The zero-order valence-corrected chi connectivity index (χ0v) is 9.32. The van der Waals surface area contributed by atoms with Crippen molar-refractivity contribution in [1.29, 1.82) is 0 Å². The maximum atomic E-state index is 10.9. The number of aromatic nitrogens is 2. The second kappa shape index (κ2) is 3.46. The highest BCUT2D eigenvalue weighted by Gasteiger charge is 2.09. The molecule has 5 heteroatoms. The van der Waals surface area contributed by atoms with E-state index in [1.165, 1.54) is 6.20 Å². The molecule has 2 aromatic heterocycles. The van der Waals surface area contributed by atoms with Gasteiger partial charge < -0.3 is 10.1 Å². The average molecular weight is 247 g/mol. The van der Waals surface area contributed by atoms with Crippen LogP contribution in [-0.2, 0) is 0 Å². The Balaban J connectivity index is 2.43. The molecule has 1 aromatic carbocycles. The van der Waals surface area contributed by atoms with Crippen LogP contribution in [0.2, 0.25) is 5.02 Å². The van der Waals surface area contributed by atoms with Gasteiger partial charge in [-0.25, -0.2) is 9.78 Å². The summed E-state index contributed by atoms with van der Waals surface area (Å²) in [5.41, 5.74) is 1.74. The molecule has 17 heavy (non-hydrogen) atoms. The van der Waals surface area contributed by atoms with E-state index in [2.05, 4.69) is 9.97 Å². The summed E-state index contributed by atoms with van der Waals surface area (Å²) >= 11 is 5.93. The van der Waals surface area contributed by atoms with Gasteiger partial charge in [0.2, 0.25) is 0 Å². The van der Waals surface area contributed by atoms with Gasteiger partial charge in [-0.3, -0.25) is 0 Å². The fourth-order valence-corrected chi connectivity index (χ4v) is 2.06. The number of nitrogens with one attached hydrogen (secondary N) is 1. The van der Waals surface area contributed by atoms with Gasteiger partial charge in [0.25, 0.3) is 0 Å². The number of pyridine rings is 1. The van der Waals surface area contributed by atoms with Gasteiger partial charge in [-0.05, 0) is 24.3 Å². The summed E-state index contributed by atoms with van der Waals surface area (Å²) in [5, 5.41) is 11.2. The van der Waals surface area contributed by atoms with E-state index in [1.807, 2.05) is 6.07 Å². The monoisotopic (exact) mass is 246 g/mol. The number of aromatic amines is 1. The molecule has 3 aromatic rings. The molecule has 0 spiro atoms. The van der Waals surface area contributed by atoms with Crippen molar-refractivity contribution in [2.24, 2.45) is 0 Å². The normalized spacial score (nSPS) is 11.1. The summed E-state index contributed by atoms with van der Waals surface area (Å²) in [4.78, 5) is 17.9. The Kier molecular flexibility index (Phi) is 2.06. The second-order valence-electron chi connectivity index (χ2n) is 3.74. The quantitative estimate of drug-likeness (QED) is 0.693. The van der Waals surface area contributed by atoms with Crippen LogP contribution in [0.15, 0.2) is 30.5 Å². The Morgan fingerprint density at radius 2 is 2.00 bits per heavy atom. The summed E-state index contributed by atoms with van der Waals surface area (Å²) < 4.78 is 0. The molecule has 0 bridgehead atoms. The minimum Gasteiger partial charge on any atom is -0.477 e. The van der Waals surface area contributed by atoms with Gasteiger partial charge in [-0.2, -0.15) is 0 Å². The summed E-state index contributed by atoms with van der Waals surface area (Å²) in [6, 6.07) is 7.00. The Labute approximate surface area is 101 Å². The molecule has 2 heterocycles. The van der Waals surface area contributed by atoms with Crippen LogP contribution in [0.5, 0.6) is 0 Å². The number of benzene rings is 1. The molecule has 0 radical (unpaired) electrons. The molecule has 4 nitrogen and oxygen atoms in total. The number of aromatic carboxylic acids is 1. The van der Waals surface area contributed by atoms with E-state index in [0.717, 1.165) is 21.8 Å². The smallest absolute Gasteiger partial charge is 0.354 e. The number of hydrogen-bond acceptors (Lipinski definition) is 2. The van der Waals surface area contributed by atoms with Gasteiger partial charge >= 0.3 is 5.97 Å². The minimum absolute atomic E-state index is 0.0263. The first kappa shape index (κ1) is 10.1. The van der Waals surface area contributed by atoms with Gasteiger partial charge in [0, 0.05) is 21.3 Å². The highest BCUT2D eigenvalue weighted by atomic mass is 35.5. The van der Waals surface area contributed by atoms with Crippen LogP contribution in [0, 0.1) is 0 Å². The van der Waals surface area contributed by atoms with Crippen molar-refractivity contribution in [1.82, 2.24) is 9.97 Å². The van der Waals surface area contributed by atoms with Gasteiger partial charge in [0.15, 0.2) is 0 Å². The first-order chi connectivity index (χ1) is 8.15. The number of carboxylic acids is 1. The van der Waals surface area contributed by atoms with Gasteiger partial charge in [-0.15, -0.1) is 0 Å². The Bertz CT molecular complexity index is 749. The number of rotatable bonds is 1. The molecule has 0 aliphatic heterocycles. The maximum Gasteiger partial charge on any atom is 0.354 e. The molecule has 0 aliphatic carbocycles. The van der Waals surface area contributed by atoms with E-state index in [9.17, 15) is 4.79 Å². The number of hydrogen-bond donors (Lipinski definition) is 2. The highest BCUT2D eigenvalue weighted by molar-refractivity contribution is 6.31. The number of H-pyrrole nitrogens is 1. The standard InChI is InChI=1S/C12H7ClN2O2/c13-6-1-2-9-7(3-6)8-4-10(12(16)17)14-5-11(8)15-9/h1-5,15H,(H,16,17). The van der Waals surface area contributed by atoms with Crippen molar-refractivity contribution in [3.05, 3.63) is 41.2 Å². The number of nitrogens with zero attached hydrogens (tertiary/aromatic N) is 1. The first-order valence-electron chi connectivity index (χ1n) is 4.95. The van der Waals surface area contributed by atoms with Gasteiger partial charge in [0.05, 0.1) is 11.7 Å². The van der Waals surface area contributed by atoms with Crippen LogP contribution in [0.25, 0.3) is 21.8 Å². The number of carbonyl (C=O) groups is 1. The van der Waals surface area contributed by atoms with Crippen LogP contribution in [0.4, 0.5) is 0 Å². The fraction of sp³-hybridized carbons (Fsp3) is 0. The van der Waals surface area contributed by atoms with Gasteiger partial charge in [-0.1, -0.05) is 11.6 Å². The lowest BCUT2D eigenvalue weighted by Crippen LogP contribution is -1.98. The summed E-state index contributed by atoms with van der Waals surface area (Å²) in [5.74, 6) is -1.04. The predicted octanol–water partition coefficient (Wildman–Crippen LogP) is 3.07. The molecule has 0 aliphatic rings. The summed E-state index contributed by atoms with van der Waals surface area (Å²) in [6.45, 7) is 0. The van der Waals surface area contributed by atoms with Crippen molar-refractivity contribution in [3.8, 4) is 0 Å². The lowest BCUT2D eigenvalue weighted by Gasteiger charge is -1.94. The van der Waals surface area contributed by atoms with E-state index >= 15 is 0 Å². The van der Waals surface area contributed by atoms with E-state index < -0.39 is 5.97 Å². The number of carboxylic acid groups (broad SMARTS) is 1. The molecular weight excluding hydrogens is 240 g/mol.